The molecule has 0 amide bonds. The number of hydrogen-bond donors (Lipinski definition) is 0. The van der Waals surface area contributed by atoms with E-state index in [0.717, 1.165) is 55.1 Å². The Kier molecular flexibility index (Phi) is 6.25. The second-order valence-corrected chi connectivity index (χ2v) is 7.51. The summed E-state index contributed by atoms with van der Waals surface area (Å²) >= 11 is 0. The van der Waals surface area contributed by atoms with Gasteiger partial charge in [-0.2, -0.15) is 13.2 Å². The van der Waals surface area contributed by atoms with Gasteiger partial charge in [0.25, 0.3) is 0 Å². The van der Waals surface area contributed by atoms with Crippen molar-refractivity contribution in [3.63, 3.8) is 0 Å². The molecule has 0 aliphatic carbocycles. The Bertz CT molecular complexity index is 1020. The highest BCUT2D eigenvalue weighted by Gasteiger charge is 2.30. The number of nitrogens with zero attached hydrogens (tertiary/aromatic N) is 1. The Morgan fingerprint density at radius 1 is 1.03 bits per heavy atom. The lowest BCUT2D eigenvalue weighted by Crippen LogP contribution is -2.31. The SMILES string of the molecule is FC(F)(F)c1cccc(C2=CCN(CCOCCc3ccc4occc4c3)CC2)c1. The molecule has 3 nitrogen and oxygen atoms in total. The Morgan fingerprint density at radius 3 is 2.73 bits per heavy atom. The number of fused-ring (bicyclic) bond motifs is 1. The lowest BCUT2D eigenvalue weighted by Gasteiger charge is -2.26. The number of benzene rings is 2. The molecular formula is C24H24F3NO2. The van der Waals surface area contributed by atoms with Crippen LogP contribution in [0.3, 0.4) is 0 Å². The molecule has 1 aliphatic heterocycles. The van der Waals surface area contributed by atoms with Crippen molar-refractivity contribution in [1.82, 2.24) is 4.90 Å². The van der Waals surface area contributed by atoms with Crippen molar-refractivity contribution in [3.05, 3.63) is 77.6 Å². The first-order valence-electron chi connectivity index (χ1n) is 10.1. The summed E-state index contributed by atoms with van der Waals surface area (Å²) in [6, 6.07) is 13.7. The van der Waals surface area contributed by atoms with Gasteiger partial charge in [-0.15, -0.1) is 0 Å². The van der Waals surface area contributed by atoms with Crippen LogP contribution < -0.4 is 0 Å². The van der Waals surface area contributed by atoms with E-state index >= 15 is 0 Å². The number of hydrogen-bond acceptors (Lipinski definition) is 3. The second-order valence-electron chi connectivity index (χ2n) is 7.51. The molecule has 0 atom stereocenters. The standard InChI is InChI=1S/C24H24F3NO2/c25-24(26,27)22-3-1-2-20(17-22)19-6-10-28(11-7-19)12-15-29-13-8-18-4-5-23-21(16-18)9-14-30-23/h1-6,9,14,16-17H,7-8,10-13,15H2. The molecule has 2 aromatic carbocycles. The molecule has 2 heterocycles. The summed E-state index contributed by atoms with van der Waals surface area (Å²) in [6.07, 6.45) is 1.00. The fourth-order valence-corrected chi connectivity index (χ4v) is 3.73. The zero-order chi connectivity index (χ0) is 21.0. The summed E-state index contributed by atoms with van der Waals surface area (Å²) in [4.78, 5) is 2.26. The summed E-state index contributed by atoms with van der Waals surface area (Å²) in [5, 5.41) is 1.10. The van der Waals surface area contributed by atoms with Crippen molar-refractivity contribution in [3.8, 4) is 0 Å². The first-order valence-corrected chi connectivity index (χ1v) is 10.1. The average Bonchev–Trinajstić information content (AvgIpc) is 3.21. The van der Waals surface area contributed by atoms with Crippen LogP contribution in [0.2, 0.25) is 0 Å². The minimum atomic E-state index is -4.31. The van der Waals surface area contributed by atoms with E-state index in [-0.39, 0.29) is 0 Å². The highest BCUT2D eigenvalue weighted by molar-refractivity contribution is 5.77. The minimum absolute atomic E-state index is 0.594. The molecule has 3 aromatic rings. The van der Waals surface area contributed by atoms with Gasteiger partial charge in [0.1, 0.15) is 5.58 Å². The number of rotatable bonds is 7. The lowest BCUT2D eigenvalue weighted by atomic mass is 9.97. The minimum Gasteiger partial charge on any atom is -0.464 e. The van der Waals surface area contributed by atoms with Gasteiger partial charge in [-0.05, 0) is 59.9 Å². The molecular weight excluding hydrogens is 391 g/mol. The van der Waals surface area contributed by atoms with E-state index in [4.69, 9.17) is 9.15 Å². The maximum atomic E-state index is 12.9. The van der Waals surface area contributed by atoms with Gasteiger partial charge in [-0.3, -0.25) is 4.90 Å². The van der Waals surface area contributed by atoms with E-state index in [9.17, 15) is 13.2 Å². The maximum Gasteiger partial charge on any atom is 0.416 e. The number of halogens is 3. The monoisotopic (exact) mass is 415 g/mol. The Labute approximate surface area is 173 Å². The van der Waals surface area contributed by atoms with Crippen LogP contribution in [0.1, 0.15) is 23.1 Å². The van der Waals surface area contributed by atoms with Gasteiger partial charge in [0.15, 0.2) is 0 Å². The summed E-state index contributed by atoms with van der Waals surface area (Å²) in [7, 11) is 0. The lowest BCUT2D eigenvalue weighted by molar-refractivity contribution is -0.137. The number of furan rings is 1. The van der Waals surface area contributed by atoms with Crippen molar-refractivity contribution in [2.75, 3.05) is 32.8 Å². The van der Waals surface area contributed by atoms with E-state index in [0.29, 0.717) is 18.8 Å². The summed E-state index contributed by atoms with van der Waals surface area (Å²) in [5.41, 5.74) is 3.16. The zero-order valence-corrected chi connectivity index (χ0v) is 16.6. The van der Waals surface area contributed by atoms with Crippen LogP contribution in [0.25, 0.3) is 16.5 Å². The third kappa shape index (κ3) is 5.12. The van der Waals surface area contributed by atoms with Crippen LogP contribution in [-0.2, 0) is 17.3 Å². The van der Waals surface area contributed by atoms with Gasteiger partial charge in [0, 0.05) is 25.0 Å². The van der Waals surface area contributed by atoms with Crippen molar-refractivity contribution >= 4 is 16.5 Å². The molecule has 4 rings (SSSR count). The van der Waals surface area contributed by atoms with E-state index in [1.165, 1.54) is 17.7 Å². The van der Waals surface area contributed by atoms with Crippen LogP contribution in [0, 0.1) is 0 Å². The van der Waals surface area contributed by atoms with Gasteiger partial charge in [-0.25, -0.2) is 0 Å². The maximum absolute atomic E-state index is 12.9. The third-order valence-electron chi connectivity index (χ3n) is 5.46. The smallest absolute Gasteiger partial charge is 0.416 e. The molecule has 158 valence electrons. The molecule has 6 heteroatoms. The largest absolute Gasteiger partial charge is 0.464 e. The van der Waals surface area contributed by atoms with Gasteiger partial charge < -0.3 is 9.15 Å². The molecule has 0 N–H and O–H groups in total. The Hall–Kier alpha value is -2.57. The Morgan fingerprint density at radius 2 is 1.93 bits per heavy atom. The van der Waals surface area contributed by atoms with Crippen molar-refractivity contribution in [2.24, 2.45) is 0 Å². The Balaban J connectivity index is 1.20. The molecule has 0 saturated heterocycles. The molecule has 0 spiro atoms. The zero-order valence-electron chi connectivity index (χ0n) is 16.6. The van der Waals surface area contributed by atoms with Crippen LogP contribution in [0.4, 0.5) is 13.2 Å². The molecule has 30 heavy (non-hydrogen) atoms. The normalized spacial score (nSPS) is 15.5. The molecule has 0 radical (unpaired) electrons. The van der Waals surface area contributed by atoms with E-state index in [1.54, 1.807) is 12.3 Å². The molecule has 0 unspecified atom stereocenters. The highest BCUT2D eigenvalue weighted by Crippen LogP contribution is 2.32. The van der Waals surface area contributed by atoms with Crippen LogP contribution in [0.15, 0.2) is 65.3 Å². The predicted molar refractivity (Wildman–Crippen MR) is 111 cm³/mol. The fourth-order valence-electron chi connectivity index (χ4n) is 3.73. The van der Waals surface area contributed by atoms with Crippen LogP contribution in [-0.4, -0.2) is 37.7 Å². The highest BCUT2D eigenvalue weighted by atomic mass is 19.4. The summed E-state index contributed by atoms with van der Waals surface area (Å²) < 4.78 is 49.9. The third-order valence-corrected chi connectivity index (χ3v) is 5.46. The van der Waals surface area contributed by atoms with E-state index in [1.807, 2.05) is 18.2 Å². The van der Waals surface area contributed by atoms with Gasteiger partial charge >= 0.3 is 6.18 Å². The first kappa shape index (κ1) is 20.7. The second kappa shape index (κ2) is 9.06. The summed E-state index contributed by atoms with van der Waals surface area (Å²) in [5.74, 6) is 0. The summed E-state index contributed by atoms with van der Waals surface area (Å²) in [6.45, 7) is 3.66. The van der Waals surface area contributed by atoms with Gasteiger partial charge in [0.05, 0.1) is 25.0 Å². The fraction of sp³-hybridized carbons (Fsp3) is 0.333. The molecule has 0 saturated carbocycles. The van der Waals surface area contributed by atoms with Crippen LogP contribution >= 0.6 is 0 Å². The quantitative estimate of drug-likeness (QED) is 0.456. The van der Waals surface area contributed by atoms with Crippen molar-refractivity contribution in [1.29, 1.82) is 0 Å². The number of ether oxygens (including phenoxy) is 1. The van der Waals surface area contributed by atoms with Crippen molar-refractivity contribution in [2.45, 2.75) is 19.0 Å². The molecule has 0 fully saturated rings. The van der Waals surface area contributed by atoms with E-state index in [2.05, 4.69) is 17.0 Å². The molecule has 0 bridgehead atoms. The molecule has 1 aliphatic rings. The predicted octanol–water partition coefficient (Wildman–Crippen LogP) is 5.80. The average molecular weight is 415 g/mol. The van der Waals surface area contributed by atoms with Gasteiger partial charge in [-0.1, -0.05) is 24.3 Å². The molecule has 1 aromatic heterocycles. The van der Waals surface area contributed by atoms with Crippen molar-refractivity contribution < 1.29 is 22.3 Å². The topological polar surface area (TPSA) is 25.6 Å². The first-order chi connectivity index (χ1) is 14.5. The van der Waals surface area contributed by atoms with E-state index < -0.39 is 11.7 Å². The van der Waals surface area contributed by atoms with Gasteiger partial charge in [0.2, 0.25) is 0 Å². The number of alkyl halides is 3. The van der Waals surface area contributed by atoms with Crippen LogP contribution in [0.5, 0.6) is 0 Å².